The van der Waals surface area contributed by atoms with Crippen LogP contribution in [0.25, 0.3) is 0 Å². The predicted octanol–water partition coefficient (Wildman–Crippen LogP) is 0.984. The summed E-state index contributed by atoms with van der Waals surface area (Å²) in [4.78, 5) is 18.4. The van der Waals surface area contributed by atoms with E-state index >= 15 is 0 Å². The monoisotopic (exact) mass is 278 g/mol. The summed E-state index contributed by atoms with van der Waals surface area (Å²) < 4.78 is 5.34. The molecular formula is C14H22N4O2. The van der Waals surface area contributed by atoms with Crippen LogP contribution in [0.3, 0.4) is 0 Å². The summed E-state index contributed by atoms with van der Waals surface area (Å²) >= 11 is 0. The fourth-order valence-corrected chi connectivity index (χ4v) is 2.09. The van der Waals surface area contributed by atoms with E-state index in [2.05, 4.69) is 15.2 Å². The molecule has 110 valence electrons. The van der Waals surface area contributed by atoms with Crippen molar-refractivity contribution in [2.45, 2.75) is 25.8 Å². The zero-order chi connectivity index (χ0) is 14.4. The molecule has 3 N–H and O–H groups in total. The average molecular weight is 278 g/mol. The normalized spacial score (nSPS) is 16.8. The molecule has 1 aromatic rings. The molecule has 20 heavy (non-hydrogen) atoms. The maximum atomic E-state index is 11.9. The second kappa shape index (κ2) is 7.21. The largest absolute Gasteiger partial charge is 0.378 e. The third-order valence-electron chi connectivity index (χ3n) is 3.20. The van der Waals surface area contributed by atoms with E-state index in [4.69, 9.17) is 10.5 Å². The standard InChI is InChI=1S/C14H22N4O2/c1-11(15)4-5-13(19)17-12-3-2-6-16-14(12)18-7-9-20-10-8-18/h2-3,6,11H,4-5,7-10,15H2,1H3,(H,17,19). The minimum Gasteiger partial charge on any atom is -0.378 e. The van der Waals surface area contributed by atoms with Crippen LogP contribution in [0.4, 0.5) is 11.5 Å². The van der Waals surface area contributed by atoms with Crippen molar-refractivity contribution < 1.29 is 9.53 Å². The Kier molecular flexibility index (Phi) is 5.31. The summed E-state index contributed by atoms with van der Waals surface area (Å²) in [5.74, 6) is 0.787. The van der Waals surface area contributed by atoms with Gasteiger partial charge in [0.05, 0.1) is 18.9 Å². The first kappa shape index (κ1) is 14.7. The number of morpholine rings is 1. The summed E-state index contributed by atoms with van der Waals surface area (Å²) in [5, 5.41) is 2.92. The number of anilines is 2. The molecule has 0 aliphatic carbocycles. The van der Waals surface area contributed by atoms with E-state index in [1.807, 2.05) is 19.1 Å². The van der Waals surface area contributed by atoms with E-state index in [0.717, 1.165) is 24.6 Å². The van der Waals surface area contributed by atoms with E-state index in [9.17, 15) is 4.79 Å². The molecule has 0 bridgehead atoms. The van der Waals surface area contributed by atoms with Gasteiger partial charge in [-0.25, -0.2) is 4.98 Å². The number of pyridine rings is 1. The van der Waals surface area contributed by atoms with Crippen molar-refractivity contribution in [2.75, 3.05) is 36.5 Å². The summed E-state index contributed by atoms with van der Waals surface area (Å²) in [5.41, 5.74) is 6.42. The highest BCUT2D eigenvalue weighted by Crippen LogP contribution is 2.23. The molecule has 0 aromatic carbocycles. The van der Waals surface area contributed by atoms with E-state index in [-0.39, 0.29) is 11.9 Å². The Labute approximate surface area is 119 Å². The number of hydrogen-bond acceptors (Lipinski definition) is 5. The van der Waals surface area contributed by atoms with E-state index in [0.29, 0.717) is 26.1 Å². The molecule has 1 aromatic heterocycles. The molecule has 1 atom stereocenters. The first-order valence-corrected chi connectivity index (χ1v) is 7.00. The van der Waals surface area contributed by atoms with Crippen molar-refractivity contribution >= 4 is 17.4 Å². The number of nitrogens with zero attached hydrogens (tertiary/aromatic N) is 2. The molecule has 1 unspecified atom stereocenters. The van der Waals surface area contributed by atoms with Gasteiger partial charge in [-0.3, -0.25) is 4.79 Å². The number of nitrogens with one attached hydrogen (secondary N) is 1. The predicted molar refractivity (Wildman–Crippen MR) is 78.8 cm³/mol. The Morgan fingerprint density at radius 1 is 1.55 bits per heavy atom. The molecule has 1 fully saturated rings. The van der Waals surface area contributed by atoms with Gasteiger partial charge in [-0.1, -0.05) is 0 Å². The van der Waals surface area contributed by atoms with Crippen molar-refractivity contribution in [3.8, 4) is 0 Å². The van der Waals surface area contributed by atoms with Gasteiger partial charge in [0.15, 0.2) is 5.82 Å². The zero-order valence-corrected chi connectivity index (χ0v) is 11.8. The van der Waals surface area contributed by atoms with E-state index in [1.54, 1.807) is 6.20 Å². The van der Waals surface area contributed by atoms with Crippen LogP contribution in [-0.2, 0) is 9.53 Å². The molecule has 2 heterocycles. The van der Waals surface area contributed by atoms with Crippen LogP contribution in [-0.4, -0.2) is 43.2 Å². The lowest BCUT2D eigenvalue weighted by molar-refractivity contribution is -0.116. The van der Waals surface area contributed by atoms with Crippen molar-refractivity contribution in [1.29, 1.82) is 0 Å². The van der Waals surface area contributed by atoms with Crippen molar-refractivity contribution in [3.05, 3.63) is 18.3 Å². The van der Waals surface area contributed by atoms with Crippen LogP contribution < -0.4 is 16.0 Å². The quantitative estimate of drug-likeness (QED) is 0.839. The number of aromatic nitrogens is 1. The van der Waals surface area contributed by atoms with Gasteiger partial charge in [-0.15, -0.1) is 0 Å². The van der Waals surface area contributed by atoms with Crippen LogP contribution in [0.15, 0.2) is 18.3 Å². The second-order valence-corrected chi connectivity index (χ2v) is 5.04. The SMILES string of the molecule is CC(N)CCC(=O)Nc1cccnc1N1CCOCC1. The maximum absolute atomic E-state index is 11.9. The number of carbonyl (C=O) groups excluding carboxylic acids is 1. The van der Waals surface area contributed by atoms with Crippen LogP contribution >= 0.6 is 0 Å². The van der Waals surface area contributed by atoms with Gasteiger partial charge in [0.1, 0.15) is 0 Å². The highest BCUT2D eigenvalue weighted by molar-refractivity contribution is 5.93. The van der Waals surface area contributed by atoms with Gasteiger partial charge in [0.2, 0.25) is 5.91 Å². The topological polar surface area (TPSA) is 80.5 Å². The minimum absolute atomic E-state index is 0.0233. The van der Waals surface area contributed by atoms with Gasteiger partial charge < -0.3 is 20.7 Å². The summed E-state index contributed by atoms with van der Waals surface area (Å²) in [6.45, 7) is 4.86. The van der Waals surface area contributed by atoms with Crippen LogP contribution in [0.5, 0.6) is 0 Å². The third-order valence-corrected chi connectivity index (χ3v) is 3.20. The first-order chi connectivity index (χ1) is 9.66. The molecule has 1 saturated heterocycles. The Balaban J connectivity index is 2.01. The number of nitrogens with two attached hydrogens (primary N) is 1. The first-order valence-electron chi connectivity index (χ1n) is 7.00. The molecule has 1 aliphatic heterocycles. The molecule has 6 nitrogen and oxygen atoms in total. The summed E-state index contributed by atoms with van der Waals surface area (Å²) in [6.07, 6.45) is 2.84. The molecule has 0 spiro atoms. The smallest absolute Gasteiger partial charge is 0.224 e. The summed E-state index contributed by atoms with van der Waals surface area (Å²) in [6, 6.07) is 3.74. The van der Waals surface area contributed by atoms with Crippen LogP contribution in [0.2, 0.25) is 0 Å². The van der Waals surface area contributed by atoms with E-state index < -0.39 is 0 Å². The third kappa shape index (κ3) is 4.18. The fraction of sp³-hybridized carbons (Fsp3) is 0.571. The average Bonchev–Trinajstić information content (AvgIpc) is 2.47. The molecule has 6 heteroatoms. The van der Waals surface area contributed by atoms with Crippen LogP contribution in [0, 0.1) is 0 Å². The van der Waals surface area contributed by atoms with Gasteiger partial charge in [0.25, 0.3) is 0 Å². The number of rotatable bonds is 5. The van der Waals surface area contributed by atoms with E-state index in [1.165, 1.54) is 0 Å². The lowest BCUT2D eigenvalue weighted by Crippen LogP contribution is -2.37. The lowest BCUT2D eigenvalue weighted by Gasteiger charge is -2.29. The molecule has 1 amide bonds. The number of hydrogen-bond donors (Lipinski definition) is 2. The van der Waals surface area contributed by atoms with Crippen LogP contribution in [0.1, 0.15) is 19.8 Å². The molecule has 0 saturated carbocycles. The molecule has 2 rings (SSSR count). The Hall–Kier alpha value is -1.66. The highest BCUT2D eigenvalue weighted by atomic mass is 16.5. The minimum atomic E-state index is -0.0233. The van der Waals surface area contributed by atoms with Gasteiger partial charge in [-0.05, 0) is 25.5 Å². The summed E-state index contributed by atoms with van der Waals surface area (Å²) in [7, 11) is 0. The number of ether oxygens (including phenoxy) is 1. The second-order valence-electron chi connectivity index (χ2n) is 5.04. The van der Waals surface area contributed by atoms with Crippen molar-refractivity contribution in [1.82, 2.24) is 4.98 Å². The highest BCUT2D eigenvalue weighted by Gasteiger charge is 2.17. The van der Waals surface area contributed by atoms with Gasteiger partial charge >= 0.3 is 0 Å². The fourth-order valence-electron chi connectivity index (χ4n) is 2.09. The lowest BCUT2D eigenvalue weighted by atomic mass is 10.2. The molecule has 0 radical (unpaired) electrons. The van der Waals surface area contributed by atoms with Crippen molar-refractivity contribution in [3.63, 3.8) is 0 Å². The Morgan fingerprint density at radius 3 is 3.00 bits per heavy atom. The number of carbonyl (C=O) groups is 1. The molecule has 1 aliphatic rings. The number of amides is 1. The zero-order valence-electron chi connectivity index (χ0n) is 11.8. The Morgan fingerprint density at radius 2 is 2.30 bits per heavy atom. The van der Waals surface area contributed by atoms with Crippen molar-refractivity contribution in [2.24, 2.45) is 5.73 Å². The van der Waals surface area contributed by atoms with Gasteiger partial charge in [-0.2, -0.15) is 0 Å². The Bertz CT molecular complexity index is 445. The maximum Gasteiger partial charge on any atom is 0.224 e. The molecular weight excluding hydrogens is 256 g/mol. The van der Waals surface area contributed by atoms with Gasteiger partial charge in [0, 0.05) is 31.7 Å².